The number of rotatable bonds is 4. The Kier molecular flexibility index (Phi) is 3.14. The minimum Gasteiger partial charge on any atom is -0.241 e. The van der Waals surface area contributed by atoms with E-state index in [9.17, 15) is 0 Å². The molecule has 0 saturated heterocycles. The van der Waals surface area contributed by atoms with Crippen molar-refractivity contribution in [2.24, 2.45) is 5.92 Å². The van der Waals surface area contributed by atoms with Crippen LogP contribution in [0.3, 0.4) is 0 Å². The highest BCUT2D eigenvalue weighted by Gasteiger charge is 2.44. The highest BCUT2D eigenvalue weighted by Crippen LogP contribution is 2.63. The highest BCUT2D eigenvalue weighted by atomic mass is 32.3. The molecule has 0 amide bonds. The Balaban J connectivity index is 2.41. The zero-order chi connectivity index (χ0) is 9.35. The first-order valence-corrected chi connectivity index (χ1v) is 7.78. The van der Waals surface area contributed by atoms with E-state index in [1.165, 1.54) is 19.3 Å². The van der Waals surface area contributed by atoms with Gasteiger partial charge in [0.2, 0.25) is 0 Å². The molecule has 2 unspecified atom stereocenters. The molecule has 74 valence electrons. The molecule has 0 bridgehead atoms. The van der Waals surface area contributed by atoms with Gasteiger partial charge in [-0.3, -0.25) is 0 Å². The van der Waals surface area contributed by atoms with Crippen LogP contribution in [-0.2, 0) is 0 Å². The normalized spacial score (nSPS) is 30.8. The monoisotopic (exact) mass is 188 g/mol. The molecule has 0 aromatic heterocycles. The summed E-state index contributed by atoms with van der Waals surface area (Å²) in [6.45, 7) is 7.11. The first-order valence-electron chi connectivity index (χ1n) is 5.21. The van der Waals surface area contributed by atoms with Crippen LogP contribution < -0.4 is 0 Å². The third kappa shape index (κ3) is 1.99. The van der Waals surface area contributed by atoms with Crippen molar-refractivity contribution in [1.29, 1.82) is 0 Å². The molecule has 0 heterocycles. The molecule has 1 aliphatic carbocycles. The predicted octanol–water partition coefficient (Wildman–Crippen LogP) is 3.65. The Hall–Kier alpha value is 0.350. The van der Waals surface area contributed by atoms with Gasteiger partial charge in [-0.1, -0.05) is 27.2 Å². The first kappa shape index (κ1) is 10.4. The predicted molar refractivity (Wildman–Crippen MR) is 61.4 cm³/mol. The molecule has 1 aliphatic rings. The summed E-state index contributed by atoms with van der Waals surface area (Å²) in [6, 6.07) is 0. The van der Waals surface area contributed by atoms with E-state index in [1.54, 1.807) is 0 Å². The fraction of sp³-hybridized carbons (Fsp3) is 1.00. The minimum atomic E-state index is -0.275. The fourth-order valence-corrected chi connectivity index (χ4v) is 4.56. The highest BCUT2D eigenvalue weighted by molar-refractivity contribution is 8.33. The molecular weight excluding hydrogens is 164 g/mol. The van der Waals surface area contributed by atoms with Crippen LogP contribution in [0.5, 0.6) is 0 Å². The van der Waals surface area contributed by atoms with Crippen LogP contribution in [0.1, 0.15) is 40.0 Å². The Morgan fingerprint density at radius 2 is 1.92 bits per heavy atom. The van der Waals surface area contributed by atoms with Gasteiger partial charge in [0.15, 0.2) is 0 Å². The lowest BCUT2D eigenvalue weighted by molar-refractivity contribution is 0.709. The van der Waals surface area contributed by atoms with Gasteiger partial charge in [0, 0.05) is 0 Å². The van der Waals surface area contributed by atoms with Gasteiger partial charge in [-0.15, -0.1) is 0 Å². The van der Waals surface area contributed by atoms with Crippen LogP contribution in [0.4, 0.5) is 0 Å². The molecular formula is C11H24S. The molecule has 0 N–H and O–H groups in total. The van der Waals surface area contributed by atoms with E-state index in [2.05, 4.69) is 33.3 Å². The van der Waals surface area contributed by atoms with E-state index >= 15 is 0 Å². The molecule has 0 nitrogen and oxygen atoms in total. The van der Waals surface area contributed by atoms with Crippen LogP contribution in [0.25, 0.3) is 0 Å². The van der Waals surface area contributed by atoms with E-state index in [-0.39, 0.29) is 10.0 Å². The molecule has 1 fully saturated rings. The van der Waals surface area contributed by atoms with E-state index in [0.717, 1.165) is 16.4 Å². The third-order valence-corrected chi connectivity index (χ3v) is 8.08. The van der Waals surface area contributed by atoms with Crippen molar-refractivity contribution in [2.45, 2.75) is 50.5 Å². The molecule has 0 radical (unpaired) electrons. The van der Waals surface area contributed by atoms with Crippen LogP contribution in [0, 0.1) is 5.92 Å². The van der Waals surface area contributed by atoms with Crippen LogP contribution in [0.15, 0.2) is 0 Å². The second-order valence-corrected chi connectivity index (χ2v) is 9.38. The van der Waals surface area contributed by atoms with Gasteiger partial charge in [-0.25, -0.2) is 10.0 Å². The third-order valence-electron chi connectivity index (χ3n) is 3.51. The topological polar surface area (TPSA) is 0 Å². The second-order valence-electron chi connectivity index (χ2n) is 4.86. The van der Waals surface area contributed by atoms with Crippen molar-refractivity contribution in [3.05, 3.63) is 0 Å². The fourth-order valence-electron chi connectivity index (χ4n) is 1.99. The Labute approximate surface area is 79.4 Å². The number of hydrogen-bond donors (Lipinski definition) is 0. The van der Waals surface area contributed by atoms with E-state index < -0.39 is 0 Å². The van der Waals surface area contributed by atoms with Crippen molar-refractivity contribution < 1.29 is 0 Å². The van der Waals surface area contributed by atoms with Gasteiger partial charge in [0.05, 0.1) is 0 Å². The van der Waals surface area contributed by atoms with Crippen molar-refractivity contribution in [3.8, 4) is 0 Å². The van der Waals surface area contributed by atoms with Gasteiger partial charge in [0.25, 0.3) is 0 Å². The molecule has 2 atom stereocenters. The van der Waals surface area contributed by atoms with E-state index in [4.69, 9.17) is 0 Å². The minimum absolute atomic E-state index is 0.275. The largest absolute Gasteiger partial charge is 0.241 e. The van der Waals surface area contributed by atoms with E-state index in [0.29, 0.717) is 0 Å². The van der Waals surface area contributed by atoms with Crippen LogP contribution >= 0.6 is 10.0 Å². The lowest BCUT2D eigenvalue weighted by atomic mass is 10.2. The maximum Gasteiger partial charge on any atom is -0.00827 e. The van der Waals surface area contributed by atoms with Gasteiger partial charge in [-0.2, -0.15) is 0 Å². The maximum absolute atomic E-state index is 2.53. The Morgan fingerprint density at radius 3 is 2.33 bits per heavy atom. The van der Waals surface area contributed by atoms with Crippen molar-refractivity contribution >= 4 is 10.0 Å². The molecule has 1 heteroatoms. The van der Waals surface area contributed by atoms with Gasteiger partial charge in [0.1, 0.15) is 0 Å². The van der Waals surface area contributed by atoms with Crippen molar-refractivity contribution in [1.82, 2.24) is 0 Å². The summed E-state index contributed by atoms with van der Waals surface area (Å²) >= 11 is 0. The standard InChI is InChI=1S/C11H24S/c1-6-7-10-8-11(10)12(4,5)9(2)3/h9-11H,6-8H2,1-5H3. The number of hydrogen-bond acceptors (Lipinski definition) is 0. The smallest absolute Gasteiger partial charge is 0.00827 e. The van der Waals surface area contributed by atoms with Crippen LogP contribution in [-0.4, -0.2) is 23.0 Å². The van der Waals surface area contributed by atoms with Gasteiger partial charge in [-0.05, 0) is 41.8 Å². The molecule has 1 saturated carbocycles. The summed E-state index contributed by atoms with van der Waals surface area (Å²) in [6.07, 6.45) is 9.45. The van der Waals surface area contributed by atoms with Crippen molar-refractivity contribution in [2.75, 3.05) is 12.5 Å². The van der Waals surface area contributed by atoms with E-state index in [1.807, 2.05) is 0 Å². The maximum atomic E-state index is 2.53. The molecule has 0 aromatic carbocycles. The quantitative estimate of drug-likeness (QED) is 0.632. The lowest BCUT2D eigenvalue weighted by Gasteiger charge is -2.36. The first-order chi connectivity index (χ1) is 5.50. The zero-order valence-electron chi connectivity index (χ0n) is 9.26. The average Bonchev–Trinajstić information content (AvgIpc) is 2.68. The second kappa shape index (κ2) is 3.61. The summed E-state index contributed by atoms with van der Waals surface area (Å²) in [5, 5.41) is 2.03. The summed E-state index contributed by atoms with van der Waals surface area (Å²) < 4.78 is 0. The molecule has 0 aromatic rings. The molecule has 0 aliphatic heterocycles. The van der Waals surface area contributed by atoms with Gasteiger partial charge >= 0.3 is 0 Å². The van der Waals surface area contributed by atoms with Crippen molar-refractivity contribution in [3.63, 3.8) is 0 Å². The summed E-state index contributed by atoms with van der Waals surface area (Å²) in [5.41, 5.74) is 0. The summed E-state index contributed by atoms with van der Waals surface area (Å²) in [4.78, 5) is 0. The average molecular weight is 188 g/mol. The van der Waals surface area contributed by atoms with Crippen LogP contribution in [0.2, 0.25) is 0 Å². The summed E-state index contributed by atoms with van der Waals surface area (Å²) in [5.74, 6) is 1.10. The molecule has 0 spiro atoms. The Bertz CT molecular complexity index is 149. The lowest BCUT2D eigenvalue weighted by Crippen LogP contribution is -2.14. The molecule has 1 rings (SSSR count). The summed E-state index contributed by atoms with van der Waals surface area (Å²) in [7, 11) is -0.275. The zero-order valence-corrected chi connectivity index (χ0v) is 10.1. The Morgan fingerprint density at radius 1 is 1.33 bits per heavy atom. The molecule has 12 heavy (non-hydrogen) atoms. The SMILES string of the molecule is CCCC1CC1S(C)(C)C(C)C. The van der Waals surface area contributed by atoms with Gasteiger partial charge < -0.3 is 0 Å².